The first kappa shape index (κ1) is 21.2. The van der Waals surface area contributed by atoms with E-state index in [4.69, 9.17) is 42.4 Å². The summed E-state index contributed by atoms with van der Waals surface area (Å²) in [6, 6.07) is 3.79. The smallest absolute Gasteiger partial charge is 0.204 e. The molecule has 2 aromatic rings. The highest BCUT2D eigenvalue weighted by atomic mass is 79.9. The fraction of sp³-hybridized carbons (Fsp3) is 0.400. The van der Waals surface area contributed by atoms with Crippen LogP contribution in [-0.4, -0.2) is 36.3 Å². The van der Waals surface area contributed by atoms with Crippen LogP contribution in [0.15, 0.2) is 29.5 Å². The summed E-state index contributed by atoms with van der Waals surface area (Å²) in [4.78, 5) is 8.68. The van der Waals surface area contributed by atoms with Gasteiger partial charge in [0.1, 0.15) is 5.69 Å². The fourth-order valence-electron chi connectivity index (χ4n) is 2.91. The lowest BCUT2D eigenvalue weighted by atomic mass is 10.0. The van der Waals surface area contributed by atoms with Crippen LogP contribution < -0.4 is 14.2 Å². The molecule has 1 aromatic carbocycles. The maximum atomic E-state index is 6.23. The highest BCUT2D eigenvalue weighted by molar-refractivity contribution is 9.09. The molecule has 0 aliphatic carbocycles. The quantitative estimate of drug-likeness (QED) is 0.326. The average molecular weight is 488 g/mol. The Labute approximate surface area is 183 Å². The van der Waals surface area contributed by atoms with Gasteiger partial charge < -0.3 is 14.2 Å². The van der Waals surface area contributed by atoms with Crippen molar-refractivity contribution < 1.29 is 14.2 Å². The number of benzene rings is 1. The second-order valence-corrected chi connectivity index (χ2v) is 7.79. The minimum absolute atomic E-state index is 0.407. The minimum atomic E-state index is 0.407. The Bertz CT molecular complexity index is 841. The van der Waals surface area contributed by atoms with Gasteiger partial charge in [0.15, 0.2) is 11.5 Å². The maximum absolute atomic E-state index is 6.23. The number of nitrogens with zero attached hydrogens (tertiary/aromatic N) is 2. The first-order valence-electron chi connectivity index (χ1n) is 9.05. The molecule has 0 saturated heterocycles. The van der Waals surface area contributed by atoms with Gasteiger partial charge in [-0.05, 0) is 31.4 Å². The topological polar surface area (TPSA) is 52.9 Å². The SMILES string of the molecule is COc1ccc2c(c1OCCCCCBr)OCCC2=Nc1c(Cl)cncc1Cl. The van der Waals surface area contributed by atoms with Crippen LogP contribution in [0.3, 0.4) is 0 Å². The summed E-state index contributed by atoms with van der Waals surface area (Å²) in [6.45, 7) is 1.08. The van der Waals surface area contributed by atoms with Crippen molar-refractivity contribution in [3.05, 3.63) is 40.1 Å². The number of aliphatic imine (C=N–C) groups is 1. The number of aromatic nitrogens is 1. The third-order valence-corrected chi connectivity index (χ3v) is 5.41. The van der Waals surface area contributed by atoms with Crippen molar-refractivity contribution in [2.45, 2.75) is 25.7 Å². The monoisotopic (exact) mass is 486 g/mol. The number of hydrogen-bond acceptors (Lipinski definition) is 5. The first-order chi connectivity index (χ1) is 13.7. The van der Waals surface area contributed by atoms with Crippen molar-refractivity contribution in [2.75, 3.05) is 25.7 Å². The molecule has 1 aromatic heterocycles. The Kier molecular flexibility index (Phi) is 7.82. The Balaban J connectivity index is 1.93. The number of ether oxygens (including phenoxy) is 3. The predicted molar refractivity (Wildman–Crippen MR) is 117 cm³/mol. The molecule has 0 fully saturated rings. The highest BCUT2D eigenvalue weighted by Crippen LogP contribution is 2.43. The lowest BCUT2D eigenvalue weighted by molar-refractivity contribution is 0.251. The first-order valence-corrected chi connectivity index (χ1v) is 10.9. The third kappa shape index (κ3) is 4.91. The van der Waals surface area contributed by atoms with E-state index in [2.05, 4.69) is 20.9 Å². The lowest BCUT2D eigenvalue weighted by Crippen LogP contribution is -2.17. The van der Waals surface area contributed by atoms with Gasteiger partial charge >= 0.3 is 0 Å². The van der Waals surface area contributed by atoms with Gasteiger partial charge in [-0.25, -0.2) is 4.99 Å². The summed E-state index contributed by atoms with van der Waals surface area (Å²) in [6.07, 6.45) is 6.87. The molecule has 0 radical (unpaired) electrons. The zero-order valence-corrected chi connectivity index (χ0v) is 18.6. The van der Waals surface area contributed by atoms with Crippen LogP contribution in [0, 0.1) is 0 Å². The number of unbranched alkanes of at least 4 members (excludes halogenated alkanes) is 2. The van der Waals surface area contributed by atoms with E-state index in [1.54, 1.807) is 7.11 Å². The van der Waals surface area contributed by atoms with E-state index in [-0.39, 0.29) is 0 Å². The molecule has 0 N–H and O–H groups in total. The van der Waals surface area contributed by atoms with Crippen LogP contribution in [0.25, 0.3) is 0 Å². The summed E-state index contributed by atoms with van der Waals surface area (Å²) >= 11 is 15.9. The summed E-state index contributed by atoms with van der Waals surface area (Å²) in [5.41, 5.74) is 2.20. The molecule has 0 amide bonds. The largest absolute Gasteiger partial charge is 0.493 e. The molecule has 0 atom stereocenters. The number of hydrogen-bond donors (Lipinski definition) is 0. The van der Waals surface area contributed by atoms with Crippen molar-refractivity contribution in [2.24, 2.45) is 4.99 Å². The van der Waals surface area contributed by atoms with Gasteiger partial charge in [0.2, 0.25) is 5.75 Å². The van der Waals surface area contributed by atoms with Gasteiger partial charge in [-0.1, -0.05) is 39.1 Å². The van der Waals surface area contributed by atoms with Crippen molar-refractivity contribution in [1.29, 1.82) is 0 Å². The van der Waals surface area contributed by atoms with E-state index in [9.17, 15) is 0 Å². The molecule has 5 nitrogen and oxygen atoms in total. The van der Waals surface area contributed by atoms with E-state index in [1.165, 1.54) is 12.4 Å². The second-order valence-electron chi connectivity index (χ2n) is 6.18. The van der Waals surface area contributed by atoms with Gasteiger partial charge in [0.05, 0.1) is 36.1 Å². The van der Waals surface area contributed by atoms with E-state index < -0.39 is 0 Å². The molecule has 0 saturated carbocycles. The number of fused-ring (bicyclic) bond motifs is 1. The standard InChI is InChI=1S/C20H21BrCl2N2O3/c1-26-17-6-5-13-16(25-18-14(22)11-24-12-15(18)23)7-10-28-19(13)20(17)27-9-4-2-3-8-21/h5-6,11-12H,2-4,7-10H2,1H3. The van der Waals surface area contributed by atoms with Crippen molar-refractivity contribution in [3.8, 4) is 17.2 Å². The van der Waals surface area contributed by atoms with Gasteiger partial charge in [-0.15, -0.1) is 0 Å². The Hall–Kier alpha value is -1.50. The minimum Gasteiger partial charge on any atom is -0.493 e. The van der Waals surface area contributed by atoms with Gasteiger partial charge in [-0.3, -0.25) is 4.98 Å². The van der Waals surface area contributed by atoms with Crippen LogP contribution in [0.1, 0.15) is 31.2 Å². The second kappa shape index (κ2) is 10.3. The Morgan fingerprint density at radius 1 is 1.18 bits per heavy atom. The van der Waals surface area contributed by atoms with E-state index in [0.29, 0.717) is 52.6 Å². The molecular formula is C20H21BrCl2N2O3. The average Bonchev–Trinajstić information content (AvgIpc) is 2.70. The third-order valence-electron chi connectivity index (χ3n) is 4.29. The summed E-state index contributed by atoms with van der Waals surface area (Å²) < 4.78 is 17.4. The predicted octanol–water partition coefficient (Wildman–Crippen LogP) is 6.24. The molecule has 0 unspecified atom stereocenters. The van der Waals surface area contributed by atoms with E-state index in [0.717, 1.165) is 35.9 Å². The number of rotatable bonds is 8. The number of halogens is 3. The summed E-state index contributed by atoms with van der Waals surface area (Å²) in [7, 11) is 1.62. The van der Waals surface area contributed by atoms with E-state index >= 15 is 0 Å². The summed E-state index contributed by atoms with van der Waals surface area (Å²) in [5.74, 6) is 1.89. The van der Waals surface area contributed by atoms with Crippen molar-refractivity contribution in [1.82, 2.24) is 4.98 Å². The van der Waals surface area contributed by atoms with E-state index in [1.807, 2.05) is 12.1 Å². The lowest BCUT2D eigenvalue weighted by Gasteiger charge is -2.23. The Morgan fingerprint density at radius 2 is 1.96 bits per heavy atom. The highest BCUT2D eigenvalue weighted by Gasteiger charge is 2.25. The fourth-order valence-corrected chi connectivity index (χ4v) is 3.75. The van der Waals surface area contributed by atoms with Gasteiger partial charge in [0, 0.05) is 29.7 Å². The normalized spacial score (nSPS) is 14.5. The molecule has 1 aliphatic heterocycles. The molecule has 2 heterocycles. The molecule has 1 aliphatic rings. The van der Waals surface area contributed by atoms with Crippen LogP contribution in [0.5, 0.6) is 17.2 Å². The van der Waals surface area contributed by atoms with Crippen molar-refractivity contribution >= 4 is 50.5 Å². The molecule has 8 heteroatoms. The van der Waals surface area contributed by atoms with Crippen molar-refractivity contribution in [3.63, 3.8) is 0 Å². The summed E-state index contributed by atoms with van der Waals surface area (Å²) in [5, 5.41) is 1.81. The van der Waals surface area contributed by atoms with Crippen LogP contribution in [-0.2, 0) is 0 Å². The van der Waals surface area contributed by atoms with Gasteiger partial charge in [-0.2, -0.15) is 0 Å². The molecule has 0 spiro atoms. The molecule has 150 valence electrons. The van der Waals surface area contributed by atoms with Crippen LogP contribution in [0.2, 0.25) is 10.0 Å². The number of pyridine rings is 1. The molecular weight excluding hydrogens is 467 g/mol. The van der Waals surface area contributed by atoms with Gasteiger partial charge in [0.25, 0.3) is 0 Å². The zero-order valence-electron chi connectivity index (χ0n) is 15.5. The zero-order chi connectivity index (χ0) is 19.9. The number of alkyl halides is 1. The molecule has 3 rings (SSSR count). The molecule has 28 heavy (non-hydrogen) atoms. The van der Waals surface area contributed by atoms with Crippen LogP contribution >= 0.6 is 39.1 Å². The number of methoxy groups -OCH3 is 1. The maximum Gasteiger partial charge on any atom is 0.204 e. The molecule has 0 bridgehead atoms. The Morgan fingerprint density at radius 3 is 2.68 bits per heavy atom. The van der Waals surface area contributed by atoms with Crippen LogP contribution in [0.4, 0.5) is 5.69 Å².